The highest BCUT2D eigenvalue weighted by atomic mass is 19.1. The van der Waals surface area contributed by atoms with Crippen LogP contribution in [0.5, 0.6) is 5.75 Å². The Balaban J connectivity index is 1.67. The lowest BCUT2D eigenvalue weighted by Gasteiger charge is -2.34. The van der Waals surface area contributed by atoms with E-state index < -0.39 is 18.5 Å². The van der Waals surface area contributed by atoms with Crippen LogP contribution in [0, 0.1) is 5.82 Å². The topological polar surface area (TPSA) is 98.9 Å². The fourth-order valence-electron chi connectivity index (χ4n) is 3.80. The number of para-hydroxylation sites is 1. The van der Waals surface area contributed by atoms with Crippen molar-refractivity contribution in [3.63, 3.8) is 0 Å². The number of carbonyl (C=O) groups excluding carboxylic acids is 3. The minimum atomic E-state index is -0.733. The number of ether oxygens (including phenoxy) is 2. The van der Waals surface area contributed by atoms with Crippen LogP contribution < -0.4 is 10.5 Å². The van der Waals surface area contributed by atoms with Gasteiger partial charge in [-0.1, -0.05) is 43.5 Å². The van der Waals surface area contributed by atoms with Gasteiger partial charge in [0.25, 0.3) is 11.8 Å². The lowest BCUT2D eigenvalue weighted by molar-refractivity contribution is -0.138. The van der Waals surface area contributed by atoms with E-state index in [0.717, 1.165) is 37.7 Å². The summed E-state index contributed by atoms with van der Waals surface area (Å²) in [6, 6.07) is 12.3. The lowest BCUT2D eigenvalue weighted by Crippen LogP contribution is -2.43. The molecule has 0 bridgehead atoms. The summed E-state index contributed by atoms with van der Waals surface area (Å²) >= 11 is 0. The van der Waals surface area contributed by atoms with Crippen molar-refractivity contribution < 1.29 is 28.2 Å². The van der Waals surface area contributed by atoms with Crippen molar-refractivity contribution in [1.82, 2.24) is 4.90 Å². The quantitative estimate of drug-likeness (QED) is 0.602. The van der Waals surface area contributed by atoms with Crippen molar-refractivity contribution in [1.29, 1.82) is 0 Å². The molecule has 3 rings (SSSR count). The van der Waals surface area contributed by atoms with Crippen LogP contribution in [0.15, 0.2) is 48.5 Å². The third-order valence-electron chi connectivity index (χ3n) is 5.41. The first-order chi connectivity index (χ1) is 15.4. The van der Waals surface area contributed by atoms with E-state index in [9.17, 15) is 18.8 Å². The first-order valence-corrected chi connectivity index (χ1v) is 10.6. The van der Waals surface area contributed by atoms with E-state index in [1.54, 1.807) is 29.2 Å². The van der Waals surface area contributed by atoms with E-state index >= 15 is 0 Å². The Labute approximate surface area is 186 Å². The summed E-state index contributed by atoms with van der Waals surface area (Å²) < 4.78 is 23.8. The van der Waals surface area contributed by atoms with Gasteiger partial charge in [-0.15, -0.1) is 0 Å². The van der Waals surface area contributed by atoms with Gasteiger partial charge in [-0.05, 0) is 42.7 Å². The number of amides is 2. The van der Waals surface area contributed by atoms with E-state index in [0.29, 0.717) is 6.54 Å². The predicted molar refractivity (Wildman–Crippen MR) is 115 cm³/mol. The maximum Gasteiger partial charge on any atom is 0.342 e. The average Bonchev–Trinajstić information content (AvgIpc) is 2.81. The average molecular weight is 442 g/mol. The molecule has 0 atom stereocenters. The molecule has 170 valence electrons. The summed E-state index contributed by atoms with van der Waals surface area (Å²) in [4.78, 5) is 38.3. The predicted octanol–water partition coefficient (Wildman–Crippen LogP) is 3.21. The Morgan fingerprint density at radius 2 is 1.66 bits per heavy atom. The normalized spacial score (nSPS) is 13.9. The fourth-order valence-corrected chi connectivity index (χ4v) is 3.80. The first-order valence-electron chi connectivity index (χ1n) is 10.6. The lowest BCUT2D eigenvalue weighted by atomic mass is 9.93. The Morgan fingerprint density at radius 3 is 2.34 bits per heavy atom. The number of rotatable bonds is 9. The molecule has 0 aromatic heterocycles. The summed E-state index contributed by atoms with van der Waals surface area (Å²) in [7, 11) is 0. The van der Waals surface area contributed by atoms with Gasteiger partial charge in [0.15, 0.2) is 13.2 Å². The van der Waals surface area contributed by atoms with E-state index in [1.165, 1.54) is 24.3 Å². The van der Waals surface area contributed by atoms with Crippen molar-refractivity contribution in [2.45, 2.75) is 44.7 Å². The second-order valence-corrected chi connectivity index (χ2v) is 7.77. The maximum absolute atomic E-state index is 13.3. The van der Waals surface area contributed by atoms with Gasteiger partial charge in [0.2, 0.25) is 0 Å². The number of halogens is 1. The number of primary amides is 1. The molecule has 0 unspecified atom stereocenters. The molecule has 0 radical (unpaired) electrons. The Morgan fingerprint density at radius 1 is 0.969 bits per heavy atom. The minimum Gasteiger partial charge on any atom is -0.483 e. The third-order valence-corrected chi connectivity index (χ3v) is 5.41. The molecule has 0 aliphatic heterocycles. The zero-order chi connectivity index (χ0) is 22.9. The molecule has 0 heterocycles. The summed E-state index contributed by atoms with van der Waals surface area (Å²) in [5.41, 5.74) is 6.00. The van der Waals surface area contributed by atoms with Crippen LogP contribution in [-0.2, 0) is 20.9 Å². The Bertz CT molecular complexity index is 942. The van der Waals surface area contributed by atoms with Crippen molar-refractivity contribution in [3.8, 4) is 5.75 Å². The van der Waals surface area contributed by atoms with E-state index in [1.807, 2.05) is 0 Å². The molecule has 2 amide bonds. The largest absolute Gasteiger partial charge is 0.483 e. The third kappa shape index (κ3) is 6.54. The van der Waals surface area contributed by atoms with Gasteiger partial charge in [-0.3, -0.25) is 9.59 Å². The molecule has 1 fully saturated rings. The van der Waals surface area contributed by atoms with Gasteiger partial charge >= 0.3 is 5.97 Å². The van der Waals surface area contributed by atoms with Crippen molar-refractivity contribution in [2.24, 2.45) is 5.73 Å². The van der Waals surface area contributed by atoms with Gasteiger partial charge in [0, 0.05) is 12.6 Å². The van der Waals surface area contributed by atoms with Gasteiger partial charge in [-0.25, -0.2) is 9.18 Å². The highest BCUT2D eigenvalue weighted by Crippen LogP contribution is 2.25. The number of nitrogens with two attached hydrogens (primary N) is 1. The molecule has 2 aromatic carbocycles. The fraction of sp³-hybridized carbons (Fsp3) is 0.375. The number of nitrogens with zero attached hydrogens (tertiary/aromatic N) is 1. The summed E-state index contributed by atoms with van der Waals surface area (Å²) in [6.45, 7) is -0.489. The highest BCUT2D eigenvalue weighted by Gasteiger charge is 2.27. The SMILES string of the molecule is NC(=O)COc1ccccc1C(=O)OCC(=O)N(Cc1ccc(F)cc1)C1CCCCC1. The first kappa shape index (κ1) is 23.2. The summed E-state index contributed by atoms with van der Waals surface area (Å²) in [5.74, 6) is -1.91. The molecular formula is C24H27FN2O5. The molecule has 0 spiro atoms. The zero-order valence-corrected chi connectivity index (χ0v) is 17.8. The van der Waals surface area contributed by atoms with Crippen LogP contribution in [0.2, 0.25) is 0 Å². The number of carbonyl (C=O) groups is 3. The molecule has 32 heavy (non-hydrogen) atoms. The van der Waals surface area contributed by atoms with Crippen molar-refractivity contribution in [3.05, 3.63) is 65.5 Å². The highest BCUT2D eigenvalue weighted by molar-refractivity contribution is 5.94. The van der Waals surface area contributed by atoms with Gasteiger partial charge < -0.3 is 20.1 Å². The van der Waals surface area contributed by atoms with E-state index in [-0.39, 0.29) is 35.7 Å². The van der Waals surface area contributed by atoms with Crippen LogP contribution in [0.25, 0.3) is 0 Å². The standard InChI is InChI=1S/C24H27FN2O5/c25-18-12-10-17(11-13-18)14-27(19-6-2-1-3-7-19)23(29)16-32-24(30)20-8-4-5-9-21(20)31-15-22(26)28/h4-5,8-13,19H,1-3,6-7,14-16H2,(H2,26,28). The summed E-state index contributed by atoms with van der Waals surface area (Å²) in [6.07, 6.45) is 4.95. The van der Waals surface area contributed by atoms with Crippen LogP contribution in [0.4, 0.5) is 4.39 Å². The van der Waals surface area contributed by atoms with Crippen LogP contribution in [0.1, 0.15) is 48.0 Å². The number of benzene rings is 2. The van der Waals surface area contributed by atoms with Gasteiger partial charge in [0.05, 0.1) is 0 Å². The second-order valence-electron chi connectivity index (χ2n) is 7.77. The van der Waals surface area contributed by atoms with E-state index in [4.69, 9.17) is 15.2 Å². The molecule has 8 heteroatoms. The van der Waals surface area contributed by atoms with Crippen LogP contribution in [0.3, 0.4) is 0 Å². The summed E-state index contributed by atoms with van der Waals surface area (Å²) in [5, 5.41) is 0. The molecule has 2 N–H and O–H groups in total. The van der Waals surface area contributed by atoms with Crippen LogP contribution >= 0.6 is 0 Å². The van der Waals surface area contributed by atoms with Gasteiger partial charge in [-0.2, -0.15) is 0 Å². The Hall–Kier alpha value is -3.42. The smallest absolute Gasteiger partial charge is 0.342 e. The Kier molecular flexibility index (Phi) is 8.19. The second kappa shape index (κ2) is 11.3. The van der Waals surface area contributed by atoms with Crippen molar-refractivity contribution in [2.75, 3.05) is 13.2 Å². The van der Waals surface area contributed by atoms with Gasteiger partial charge in [0.1, 0.15) is 17.1 Å². The monoisotopic (exact) mass is 442 g/mol. The van der Waals surface area contributed by atoms with Crippen molar-refractivity contribution >= 4 is 17.8 Å². The molecular weight excluding hydrogens is 415 g/mol. The molecule has 1 saturated carbocycles. The molecule has 7 nitrogen and oxygen atoms in total. The minimum absolute atomic E-state index is 0.0474. The zero-order valence-electron chi connectivity index (χ0n) is 17.8. The van der Waals surface area contributed by atoms with E-state index in [2.05, 4.69) is 0 Å². The number of hydrogen-bond acceptors (Lipinski definition) is 5. The molecule has 1 aliphatic rings. The number of esters is 1. The molecule has 2 aromatic rings. The number of hydrogen-bond donors (Lipinski definition) is 1. The maximum atomic E-state index is 13.3. The molecule has 1 aliphatic carbocycles. The molecule has 0 saturated heterocycles. The van der Waals surface area contributed by atoms with Crippen LogP contribution in [-0.4, -0.2) is 41.9 Å².